The highest BCUT2D eigenvalue weighted by Gasteiger charge is 2.26. The predicted octanol–water partition coefficient (Wildman–Crippen LogP) is 2.42. The number of pyridine rings is 1. The van der Waals surface area contributed by atoms with Crippen LogP contribution in [0.25, 0.3) is 10.9 Å². The molecule has 23 heavy (non-hydrogen) atoms. The Balaban J connectivity index is 2.02. The van der Waals surface area contributed by atoms with Crippen molar-refractivity contribution >= 4 is 22.6 Å². The second-order valence-corrected chi connectivity index (χ2v) is 5.61. The first-order valence-electron chi connectivity index (χ1n) is 7.48. The molecule has 1 N–H and O–H groups in total. The molecule has 2 heterocycles. The summed E-state index contributed by atoms with van der Waals surface area (Å²) in [4.78, 5) is 17.5. The van der Waals surface area contributed by atoms with Gasteiger partial charge in [0.25, 0.3) is 0 Å². The van der Waals surface area contributed by atoms with Crippen LogP contribution in [0.3, 0.4) is 0 Å². The first kappa shape index (κ1) is 15.1. The van der Waals surface area contributed by atoms with Crippen molar-refractivity contribution in [2.75, 3.05) is 25.1 Å². The number of anilines is 1. The summed E-state index contributed by atoms with van der Waals surface area (Å²) in [7, 11) is 1.60. The second-order valence-electron chi connectivity index (χ2n) is 5.61. The third-order valence-electron chi connectivity index (χ3n) is 4.33. The molecule has 1 aliphatic rings. The van der Waals surface area contributed by atoms with Crippen LogP contribution in [0.5, 0.6) is 5.75 Å². The maximum atomic E-state index is 11.1. The highest BCUT2D eigenvalue weighted by molar-refractivity contribution is 5.95. The zero-order chi connectivity index (χ0) is 16.4. The first-order valence-corrected chi connectivity index (χ1v) is 7.48. The molecule has 2 aromatic rings. The Kier molecular flexibility index (Phi) is 4.02. The topological polar surface area (TPSA) is 86.5 Å². The van der Waals surface area contributed by atoms with Crippen LogP contribution in [0.1, 0.15) is 18.4 Å². The molecule has 0 saturated carbocycles. The van der Waals surface area contributed by atoms with Gasteiger partial charge in [-0.15, -0.1) is 0 Å². The molecule has 0 amide bonds. The van der Waals surface area contributed by atoms with Crippen molar-refractivity contribution in [1.82, 2.24) is 4.98 Å². The van der Waals surface area contributed by atoms with E-state index in [1.54, 1.807) is 13.3 Å². The molecule has 0 atom stereocenters. The molecule has 1 aliphatic heterocycles. The summed E-state index contributed by atoms with van der Waals surface area (Å²) in [5.74, 6) is -0.329. The quantitative estimate of drug-likeness (QED) is 0.936. The lowest BCUT2D eigenvalue weighted by atomic mass is 9.95. The van der Waals surface area contributed by atoms with Crippen LogP contribution in [0.15, 0.2) is 24.4 Å². The zero-order valence-corrected chi connectivity index (χ0v) is 12.8. The van der Waals surface area contributed by atoms with Crippen molar-refractivity contribution in [3.8, 4) is 11.8 Å². The molecule has 1 saturated heterocycles. The Morgan fingerprint density at radius 2 is 2.17 bits per heavy atom. The highest BCUT2D eigenvalue weighted by Crippen LogP contribution is 2.33. The van der Waals surface area contributed by atoms with Crippen molar-refractivity contribution in [2.24, 2.45) is 5.92 Å². The molecule has 1 aromatic carbocycles. The lowest BCUT2D eigenvalue weighted by molar-refractivity contribution is -0.142. The van der Waals surface area contributed by atoms with Crippen molar-refractivity contribution < 1.29 is 14.6 Å². The van der Waals surface area contributed by atoms with E-state index < -0.39 is 5.97 Å². The van der Waals surface area contributed by atoms with Crippen molar-refractivity contribution in [1.29, 1.82) is 5.26 Å². The molecule has 3 rings (SSSR count). The van der Waals surface area contributed by atoms with Crippen LogP contribution in [0.4, 0.5) is 5.69 Å². The standard InChI is InChI=1S/C17H17N3O3/c1-23-13-2-3-14-15(8-13)19-10-12(9-18)16(14)20-6-4-11(5-7-20)17(21)22/h2-3,8,10-11H,4-7H2,1H3,(H,21,22). The number of piperidine rings is 1. The van der Waals surface area contributed by atoms with E-state index in [0.717, 1.165) is 16.6 Å². The number of nitriles is 1. The van der Waals surface area contributed by atoms with E-state index in [4.69, 9.17) is 9.84 Å². The first-order chi connectivity index (χ1) is 11.1. The monoisotopic (exact) mass is 311 g/mol. The summed E-state index contributed by atoms with van der Waals surface area (Å²) in [6, 6.07) is 7.78. The van der Waals surface area contributed by atoms with Gasteiger partial charge in [0.05, 0.1) is 29.8 Å². The summed E-state index contributed by atoms with van der Waals surface area (Å²) in [6.07, 6.45) is 2.74. The number of benzene rings is 1. The van der Waals surface area contributed by atoms with Crippen LogP contribution in [-0.4, -0.2) is 36.3 Å². The molecule has 1 aromatic heterocycles. The van der Waals surface area contributed by atoms with Gasteiger partial charge in [0.2, 0.25) is 0 Å². The molecule has 0 radical (unpaired) electrons. The summed E-state index contributed by atoms with van der Waals surface area (Å²) in [5, 5.41) is 19.4. The minimum Gasteiger partial charge on any atom is -0.497 e. The maximum absolute atomic E-state index is 11.1. The van der Waals surface area contributed by atoms with E-state index in [-0.39, 0.29) is 5.92 Å². The second kappa shape index (κ2) is 6.13. The van der Waals surface area contributed by atoms with Gasteiger partial charge < -0.3 is 14.7 Å². The minimum absolute atomic E-state index is 0.301. The van der Waals surface area contributed by atoms with Crippen molar-refractivity contribution in [2.45, 2.75) is 12.8 Å². The van der Waals surface area contributed by atoms with Gasteiger partial charge in [0.15, 0.2) is 0 Å². The molecule has 0 spiro atoms. The van der Waals surface area contributed by atoms with Gasteiger partial charge in [-0.05, 0) is 25.0 Å². The number of ether oxygens (including phenoxy) is 1. The van der Waals surface area contributed by atoms with Gasteiger partial charge in [-0.2, -0.15) is 5.26 Å². The van der Waals surface area contributed by atoms with Gasteiger partial charge in [-0.25, -0.2) is 0 Å². The third kappa shape index (κ3) is 2.78. The Bertz CT molecular complexity index is 790. The zero-order valence-electron chi connectivity index (χ0n) is 12.8. The van der Waals surface area contributed by atoms with Gasteiger partial charge in [-0.1, -0.05) is 0 Å². The number of methoxy groups -OCH3 is 1. The number of hydrogen-bond acceptors (Lipinski definition) is 5. The maximum Gasteiger partial charge on any atom is 0.306 e. The average molecular weight is 311 g/mol. The fourth-order valence-electron chi connectivity index (χ4n) is 3.06. The van der Waals surface area contributed by atoms with Crippen molar-refractivity contribution in [3.05, 3.63) is 30.0 Å². The number of aromatic nitrogens is 1. The smallest absolute Gasteiger partial charge is 0.306 e. The van der Waals surface area contributed by atoms with Crippen LogP contribution < -0.4 is 9.64 Å². The molecule has 0 bridgehead atoms. The number of carboxylic acids is 1. The average Bonchev–Trinajstić information content (AvgIpc) is 2.60. The third-order valence-corrected chi connectivity index (χ3v) is 4.33. The number of nitrogens with zero attached hydrogens (tertiary/aromatic N) is 3. The summed E-state index contributed by atoms with van der Waals surface area (Å²) in [5.41, 5.74) is 2.11. The van der Waals surface area contributed by atoms with Gasteiger partial charge in [0.1, 0.15) is 11.8 Å². The molecule has 6 nitrogen and oxygen atoms in total. The van der Waals surface area contributed by atoms with Crippen molar-refractivity contribution in [3.63, 3.8) is 0 Å². The summed E-state index contributed by atoms with van der Waals surface area (Å²) in [6.45, 7) is 1.24. The van der Waals surface area contributed by atoms with E-state index in [0.29, 0.717) is 37.2 Å². The normalized spacial score (nSPS) is 15.4. The Morgan fingerprint density at radius 1 is 1.43 bits per heavy atom. The molecule has 1 fully saturated rings. The fraction of sp³-hybridized carbons (Fsp3) is 0.353. The number of rotatable bonds is 3. The van der Waals surface area contributed by atoms with E-state index in [2.05, 4.69) is 16.0 Å². The number of carboxylic acid groups (broad SMARTS) is 1. The lowest BCUT2D eigenvalue weighted by Gasteiger charge is -2.33. The molecule has 0 unspecified atom stereocenters. The van der Waals surface area contributed by atoms with E-state index in [1.165, 1.54) is 0 Å². The van der Waals surface area contributed by atoms with E-state index >= 15 is 0 Å². The molecular formula is C17H17N3O3. The van der Waals surface area contributed by atoms with Gasteiger partial charge >= 0.3 is 5.97 Å². The number of fused-ring (bicyclic) bond motifs is 1. The van der Waals surface area contributed by atoms with E-state index in [1.807, 2.05) is 18.2 Å². The lowest BCUT2D eigenvalue weighted by Crippen LogP contribution is -2.36. The highest BCUT2D eigenvalue weighted by atomic mass is 16.5. The number of carbonyl (C=O) groups is 1. The molecular weight excluding hydrogens is 294 g/mol. The van der Waals surface area contributed by atoms with E-state index in [9.17, 15) is 10.1 Å². The number of hydrogen-bond donors (Lipinski definition) is 1. The molecule has 0 aliphatic carbocycles. The summed E-state index contributed by atoms with van der Waals surface area (Å²) >= 11 is 0. The van der Waals surface area contributed by atoms with Gasteiger partial charge in [-0.3, -0.25) is 9.78 Å². The fourth-order valence-corrected chi connectivity index (χ4v) is 3.06. The van der Waals surface area contributed by atoms with Crippen LogP contribution in [0, 0.1) is 17.2 Å². The molecule has 6 heteroatoms. The summed E-state index contributed by atoms with van der Waals surface area (Å²) < 4.78 is 5.22. The van der Waals surface area contributed by atoms with Crippen LogP contribution >= 0.6 is 0 Å². The predicted molar refractivity (Wildman–Crippen MR) is 85.6 cm³/mol. The Labute approximate surface area is 133 Å². The Hall–Kier alpha value is -2.81. The number of aliphatic carboxylic acids is 1. The Morgan fingerprint density at radius 3 is 2.78 bits per heavy atom. The minimum atomic E-state index is -0.741. The SMILES string of the molecule is COc1ccc2c(N3CCC(C(=O)O)CC3)c(C#N)cnc2c1. The van der Waals surface area contributed by atoms with Gasteiger partial charge in [0, 0.05) is 30.7 Å². The molecule has 118 valence electrons. The van der Waals surface area contributed by atoms with Crippen LogP contribution in [0.2, 0.25) is 0 Å². The van der Waals surface area contributed by atoms with Crippen LogP contribution in [-0.2, 0) is 4.79 Å². The largest absolute Gasteiger partial charge is 0.497 e.